The summed E-state index contributed by atoms with van der Waals surface area (Å²) in [6.07, 6.45) is 3.71. The molecule has 5 rings (SSSR count). The van der Waals surface area contributed by atoms with E-state index in [1.165, 1.54) is 11.1 Å². The lowest BCUT2D eigenvalue weighted by molar-refractivity contribution is 0.00578. The molecule has 0 N–H and O–H groups in total. The molecule has 3 heterocycles. The van der Waals surface area contributed by atoms with E-state index in [9.17, 15) is 0 Å². The Kier molecular flexibility index (Phi) is 6.88. The van der Waals surface area contributed by atoms with Crippen LogP contribution in [0.15, 0.2) is 66.9 Å². The summed E-state index contributed by atoms with van der Waals surface area (Å²) in [5.41, 5.74) is 4.83. The van der Waals surface area contributed by atoms with Gasteiger partial charge in [0.1, 0.15) is 0 Å². The Morgan fingerprint density at radius 2 is 1.05 bits per heavy atom. The highest BCUT2D eigenvalue weighted by atomic mass is 16.7. The Hall–Kier alpha value is -2.44. The van der Waals surface area contributed by atoms with Crippen LogP contribution < -0.4 is 10.9 Å². The van der Waals surface area contributed by atoms with Gasteiger partial charge in [0.2, 0.25) is 0 Å². The molecular formula is C31H39B2NO4. The smallest absolute Gasteiger partial charge is 0.399 e. The van der Waals surface area contributed by atoms with Crippen molar-refractivity contribution in [2.45, 2.75) is 90.6 Å². The molecule has 1 aromatic heterocycles. The van der Waals surface area contributed by atoms with Gasteiger partial charge in [-0.1, -0.05) is 54.6 Å². The Morgan fingerprint density at radius 3 is 1.50 bits per heavy atom. The topological polar surface area (TPSA) is 49.8 Å². The molecule has 2 aliphatic heterocycles. The maximum Gasteiger partial charge on any atom is 0.494 e. The molecule has 0 spiro atoms. The van der Waals surface area contributed by atoms with Crippen molar-refractivity contribution in [3.8, 4) is 11.3 Å². The van der Waals surface area contributed by atoms with Gasteiger partial charge in [-0.2, -0.15) is 0 Å². The standard InChI is InChI=1S/C31H39B2NO4/c1-28(2)29(3,4)36-32(35-28)25-18-23(19-26(20-25)33-37-30(5,6)31(7,8)38-33)15-14-22-16-17-27(34-21-22)24-12-10-9-11-13-24/h9-13,16-21H,14-15H2,1-8H3. The summed E-state index contributed by atoms with van der Waals surface area (Å²) in [5, 5.41) is 0. The second-order valence-corrected chi connectivity index (χ2v) is 12.6. The van der Waals surface area contributed by atoms with Gasteiger partial charge in [0.25, 0.3) is 0 Å². The van der Waals surface area contributed by atoms with E-state index in [4.69, 9.17) is 23.6 Å². The fraction of sp³-hybridized carbons (Fsp3) is 0.452. The minimum atomic E-state index is -0.451. The number of rotatable bonds is 6. The van der Waals surface area contributed by atoms with Gasteiger partial charge in [-0.15, -0.1) is 0 Å². The van der Waals surface area contributed by atoms with Crippen molar-refractivity contribution in [2.75, 3.05) is 0 Å². The Morgan fingerprint density at radius 1 is 0.579 bits per heavy atom. The number of hydrogen-bond acceptors (Lipinski definition) is 5. The molecule has 5 nitrogen and oxygen atoms in total. The van der Waals surface area contributed by atoms with Crippen LogP contribution in [0.4, 0.5) is 0 Å². The van der Waals surface area contributed by atoms with Crippen LogP contribution in [0.3, 0.4) is 0 Å². The molecule has 0 aliphatic carbocycles. The predicted octanol–water partition coefficient (Wildman–Crippen LogP) is 5.13. The quantitative estimate of drug-likeness (QED) is 0.430. The third-order valence-electron chi connectivity index (χ3n) is 8.68. The van der Waals surface area contributed by atoms with Gasteiger partial charge in [-0.05, 0) is 96.4 Å². The van der Waals surface area contributed by atoms with Gasteiger partial charge in [-0.3, -0.25) is 4.98 Å². The first-order valence-corrected chi connectivity index (χ1v) is 13.6. The lowest BCUT2D eigenvalue weighted by Crippen LogP contribution is -2.41. The number of pyridine rings is 1. The van der Waals surface area contributed by atoms with Crippen molar-refractivity contribution >= 4 is 25.2 Å². The first-order valence-electron chi connectivity index (χ1n) is 13.6. The van der Waals surface area contributed by atoms with Crippen LogP contribution in [0, 0.1) is 0 Å². The molecule has 0 unspecified atom stereocenters. The zero-order valence-electron chi connectivity index (χ0n) is 24.0. The number of nitrogens with zero attached hydrogens (tertiary/aromatic N) is 1. The molecule has 38 heavy (non-hydrogen) atoms. The van der Waals surface area contributed by atoms with Gasteiger partial charge in [0, 0.05) is 11.8 Å². The molecule has 7 heteroatoms. The van der Waals surface area contributed by atoms with E-state index in [0.29, 0.717) is 0 Å². The van der Waals surface area contributed by atoms with Crippen LogP contribution in [-0.2, 0) is 31.5 Å². The minimum absolute atomic E-state index is 0.412. The van der Waals surface area contributed by atoms with Gasteiger partial charge in [0.05, 0.1) is 28.1 Å². The maximum atomic E-state index is 6.41. The van der Waals surface area contributed by atoms with E-state index in [0.717, 1.165) is 35.0 Å². The van der Waals surface area contributed by atoms with Crippen molar-refractivity contribution < 1.29 is 18.6 Å². The van der Waals surface area contributed by atoms with E-state index >= 15 is 0 Å². The van der Waals surface area contributed by atoms with E-state index in [2.05, 4.69) is 97.9 Å². The second kappa shape index (κ2) is 9.63. The van der Waals surface area contributed by atoms with E-state index in [1.807, 2.05) is 24.4 Å². The lowest BCUT2D eigenvalue weighted by Gasteiger charge is -2.32. The number of benzene rings is 2. The fourth-order valence-electron chi connectivity index (χ4n) is 4.76. The highest BCUT2D eigenvalue weighted by molar-refractivity contribution is 6.66. The highest BCUT2D eigenvalue weighted by Gasteiger charge is 2.54. The largest absolute Gasteiger partial charge is 0.494 e. The Bertz CT molecular complexity index is 1200. The number of hydrogen-bond donors (Lipinski definition) is 0. The SMILES string of the molecule is CC1(C)OB(c2cc(CCc3ccc(-c4ccccc4)nc3)cc(B3OC(C)(C)C(C)(C)O3)c2)OC1(C)C. The monoisotopic (exact) mass is 511 g/mol. The molecule has 198 valence electrons. The van der Waals surface area contributed by atoms with E-state index in [1.54, 1.807) is 0 Å². The summed E-state index contributed by atoms with van der Waals surface area (Å²) >= 11 is 0. The van der Waals surface area contributed by atoms with Gasteiger partial charge in [-0.25, -0.2) is 0 Å². The fourth-order valence-corrected chi connectivity index (χ4v) is 4.76. The van der Waals surface area contributed by atoms with E-state index < -0.39 is 36.6 Å². The molecule has 0 radical (unpaired) electrons. The van der Waals surface area contributed by atoms with Gasteiger partial charge < -0.3 is 18.6 Å². The average Bonchev–Trinajstić information content (AvgIpc) is 3.23. The molecular weight excluding hydrogens is 472 g/mol. The van der Waals surface area contributed by atoms with Crippen molar-refractivity contribution in [1.82, 2.24) is 4.98 Å². The zero-order chi connectivity index (χ0) is 27.3. The van der Waals surface area contributed by atoms with Crippen molar-refractivity contribution in [3.63, 3.8) is 0 Å². The molecule has 3 aromatic rings. The third kappa shape index (κ3) is 5.22. The highest BCUT2D eigenvalue weighted by Crippen LogP contribution is 2.38. The molecule has 0 amide bonds. The summed E-state index contributed by atoms with van der Waals surface area (Å²) in [5.74, 6) is 0. The van der Waals surface area contributed by atoms with Crippen LogP contribution >= 0.6 is 0 Å². The Balaban J connectivity index is 1.40. The molecule has 2 aliphatic rings. The van der Waals surface area contributed by atoms with Crippen LogP contribution in [0.25, 0.3) is 11.3 Å². The Labute approximate surface area is 228 Å². The lowest BCUT2D eigenvalue weighted by atomic mass is 9.70. The summed E-state index contributed by atoms with van der Waals surface area (Å²) in [4.78, 5) is 4.71. The number of aryl methyl sites for hydroxylation is 2. The molecule has 0 bridgehead atoms. The summed E-state index contributed by atoms with van der Waals surface area (Å²) < 4.78 is 25.6. The number of aromatic nitrogens is 1. The first kappa shape index (κ1) is 27.1. The molecule has 2 fully saturated rings. The molecule has 2 saturated heterocycles. The summed E-state index contributed by atoms with van der Waals surface area (Å²) in [6, 6.07) is 21.0. The normalized spacial score (nSPS) is 21.2. The molecule has 0 saturated carbocycles. The van der Waals surface area contributed by atoms with Crippen LogP contribution in [-0.4, -0.2) is 41.6 Å². The molecule has 2 aromatic carbocycles. The molecule has 0 atom stereocenters. The summed E-state index contributed by atoms with van der Waals surface area (Å²) in [6.45, 7) is 16.7. The van der Waals surface area contributed by atoms with Crippen molar-refractivity contribution in [2.24, 2.45) is 0 Å². The van der Waals surface area contributed by atoms with E-state index in [-0.39, 0.29) is 0 Å². The summed E-state index contributed by atoms with van der Waals surface area (Å²) in [7, 11) is -0.902. The maximum absolute atomic E-state index is 6.41. The van der Waals surface area contributed by atoms with Crippen LogP contribution in [0.2, 0.25) is 0 Å². The van der Waals surface area contributed by atoms with Crippen molar-refractivity contribution in [1.29, 1.82) is 0 Å². The average molecular weight is 511 g/mol. The first-order chi connectivity index (χ1) is 17.8. The minimum Gasteiger partial charge on any atom is -0.399 e. The third-order valence-corrected chi connectivity index (χ3v) is 8.68. The van der Waals surface area contributed by atoms with Crippen LogP contribution in [0.5, 0.6) is 0 Å². The van der Waals surface area contributed by atoms with Gasteiger partial charge >= 0.3 is 14.2 Å². The zero-order valence-corrected chi connectivity index (χ0v) is 24.0. The van der Waals surface area contributed by atoms with Crippen LogP contribution in [0.1, 0.15) is 66.5 Å². The second-order valence-electron chi connectivity index (χ2n) is 12.6. The van der Waals surface area contributed by atoms with Gasteiger partial charge in [0.15, 0.2) is 0 Å². The van der Waals surface area contributed by atoms with Crippen molar-refractivity contribution in [3.05, 3.63) is 78.0 Å². The predicted molar refractivity (Wildman–Crippen MR) is 155 cm³/mol.